The molecule has 19 heavy (non-hydrogen) atoms. The zero-order valence-corrected chi connectivity index (χ0v) is 12.6. The molecule has 0 aliphatic heterocycles. The molecule has 106 valence electrons. The van der Waals surface area contributed by atoms with Gasteiger partial charge in [0.2, 0.25) is 0 Å². The normalized spacial score (nSPS) is 18.3. The molecule has 2 unspecified atom stereocenters. The number of ether oxygens (including phenoxy) is 1. The summed E-state index contributed by atoms with van der Waals surface area (Å²) in [7, 11) is 0. The second-order valence-corrected chi connectivity index (χ2v) is 5.68. The summed E-state index contributed by atoms with van der Waals surface area (Å²) in [6, 6.07) is 8.44. The number of nitrogens with one attached hydrogen (secondary N) is 1. The summed E-state index contributed by atoms with van der Waals surface area (Å²) in [5, 5.41) is 4.43. The topological polar surface area (TPSA) is 21.3 Å². The van der Waals surface area contributed by atoms with E-state index >= 15 is 0 Å². The van der Waals surface area contributed by atoms with Crippen LogP contribution < -0.4 is 5.32 Å². The van der Waals surface area contributed by atoms with E-state index in [1.165, 1.54) is 18.4 Å². The number of benzene rings is 1. The van der Waals surface area contributed by atoms with Crippen LogP contribution in [0.4, 0.5) is 0 Å². The Labute approximate surface area is 121 Å². The minimum atomic E-state index is 0.282. The first-order valence-corrected chi connectivity index (χ1v) is 7.74. The average Bonchev–Trinajstić information content (AvgIpc) is 3.24. The summed E-state index contributed by atoms with van der Waals surface area (Å²) in [5.74, 6) is 0.713. The molecule has 1 N–H and O–H groups in total. The van der Waals surface area contributed by atoms with Crippen LogP contribution in [0.25, 0.3) is 0 Å². The lowest BCUT2D eigenvalue weighted by molar-refractivity contribution is 0.0186. The first-order valence-electron chi connectivity index (χ1n) is 7.36. The van der Waals surface area contributed by atoms with Crippen molar-refractivity contribution in [3.05, 3.63) is 34.9 Å². The van der Waals surface area contributed by atoms with Gasteiger partial charge >= 0.3 is 0 Å². The number of hydrogen-bond acceptors (Lipinski definition) is 2. The van der Waals surface area contributed by atoms with E-state index in [-0.39, 0.29) is 12.1 Å². The van der Waals surface area contributed by atoms with Gasteiger partial charge in [0.05, 0.1) is 12.1 Å². The first kappa shape index (κ1) is 14.8. The molecular weight excluding hydrogens is 258 g/mol. The van der Waals surface area contributed by atoms with Crippen molar-refractivity contribution < 1.29 is 4.74 Å². The first-order chi connectivity index (χ1) is 9.26. The lowest BCUT2D eigenvalue weighted by Gasteiger charge is -2.28. The minimum absolute atomic E-state index is 0.282. The van der Waals surface area contributed by atoms with Gasteiger partial charge in [-0.15, -0.1) is 0 Å². The molecule has 0 amide bonds. The molecule has 0 saturated heterocycles. The van der Waals surface area contributed by atoms with E-state index in [4.69, 9.17) is 16.3 Å². The van der Waals surface area contributed by atoms with E-state index in [1.54, 1.807) is 0 Å². The maximum Gasteiger partial charge on any atom is 0.0797 e. The van der Waals surface area contributed by atoms with Crippen molar-refractivity contribution in [3.8, 4) is 0 Å². The zero-order valence-electron chi connectivity index (χ0n) is 11.9. The van der Waals surface area contributed by atoms with Crippen LogP contribution in [0.2, 0.25) is 5.02 Å². The van der Waals surface area contributed by atoms with Gasteiger partial charge in [0, 0.05) is 11.6 Å². The summed E-state index contributed by atoms with van der Waals surface area (Å²) in [4.78, 5) is 0. The Hall–Kier alpha value is -0.570. The molecule has 1 fully saturated rings. The van der Waals surface area contributed by atoms with Crippen molar-refractivity contribution in [1.82, 2.24) is 5.32 Å². The lowest BCUT2D eigenvalue weighted by Crippen LogP contribution is -2.36. The van der Waals surface area contributed by atoms with Gasteiger partial charge in [-0.3, -0.25) is 0 Å². The second-order valence-electron chi connectivity index (χ2n) is 5.24. The quantitative estimate of drug-likeness (QED) is 0.771. The second kappa shape index (κ2) is 7.28. The van der Waals surface area contributed by atoms with Gasteiger partial charge in [0.15, 0.2) is 0 Å². The molecule has 1 aliphatic carbocycles. The Morgan fingerprint density at radius 1 is 1.26 bits per heavy atom. The largest absolute Gasteiger partial charge is 0.376 e. The molecule has 3 heteroatoms. The van der Waals surface area contributed by atoms with E-state index in [9.17, 15) is 0 Å². The highest BCUT2D eigenvalue weighted by Crippen LogP contribution is 2.40. The molecular formula is C16H24ClNO. The third-order valence-corrected chi connectivity index (χ3v) is 3.87. The highest BCUT2D eigenvalue weighted by Gasteiger charge is 2.37. The standard InChI is InChI=1S/C16H24ClNO/c1-3-11-18-15(12-7-9-14(17)10-8-12)16(19-4-2)13-5-6-13/h7-10,13,15-16,18H,3-6,11H2,1-2H3. The Kier molecular flexibility index (Phi) is 5.68. The smallest absolute Gasteiger partial charge is 0.0797 e. The summed E-state index contributed by atoms with van der Waals surface area (Å²) >= 11 is 5.98. The molecule has 1 aliphatic rings. The van der Waals surface area contributed by atoms with Crippen molar-refractivity contribution >= 4 is 11.6 Å². The van der Waals surface area contributed by atoms with Gasteiger partial charge in [-0.1, -0.05) is 30.7 Å². The Morgan fingerprint density at radius 2 is 1.95 bits per heavy atom. The van der Waals surface area contributed by atoms with E-state index in [0.29, 0.717) is 5.92 Å². The van der Waals surface area contributed by atoms with Crippen LogP contribution in [0.15, 0.2) is 24.3 Å². The van der Waals surface area contributed by atoms with Crippen LogP contribution in [-0.2, 0) is 4.74 Å². The van der Waals surface area contributed by atoms with Gasteiger partial charge < -0.3 is 10.1 Å². The Balaban J connectivity index is 2.15. The van der Waals surface area contributed by atoms with Crippen LogP contribution >= 0.6 is 11.6 Å². The fourth-order valence-electron chi connectivity index (χ4n) is 2.52. The van der Waals surface area contributed by atoms with Gasteiger partial charge in [-0.05, 0) is 56.3 Å². The van der Waals surface area contributed by atoms with Crippen LogP contribution in [0, 0.1) is 5.92 Å². The fraction of sp³-hybridized carbons (Fsp3) is 0.625. The summed E-state index contributed by atoms with van der Waals surface area (Å²) in [6.07, 6.45) is 4.01. The van der Waals surface area contributed by atoms with Crippen molar-refractivity contribution in [1.29, 1.82) is 0 Å². The molecule has 0 radical (unpaired) electrons. The van der Waals surface area contributed by atoms with Crippen LogP contribution in [-0.4, -0.2) is 19.3 Å². The molecule has 1 saturated carbocycles. The molecule has 1 aromatic rings. The minimum Gasteiger partial charge on any atom is -0.376 e. The van der Waals surface area contributed by atoms with Crippen LogP contribution in [0.1, 0.15) is 44.7 Å². The van der Waals surface area contributed by atoms with Gasteiger partial charge in [-0.25, -0.2) is 0 Å². The highest BCUT2D eigenvalue weighted by atomic mass is 35.5. The summed E-state index contributed by atoms with van der Waals surface area (Å²) < 4.78 is 6.01. The van der Waals surface area contributed by atoms with E-state index in [2.05, 4.69) is 31.3 Å². The van der Waals surface area contributed by atoms with Crippen molar-refractivity contribution in [2.75, 3.05) is 13.2 Å². The Morgan fingerprint density at radius 3 is 2.47 bits per heavy atom. The van der Waals surface area contributed by atoms with Gasteiger partial charge in [0.1, 0.15) is 0 Å². The summed E-state index contributed by atoms with van der Waals surface area (Å²) in [6.45, 7) is 6.06. The van der Waals surface area contributed by atoms with Crippen LogP contribution in [0.5, 0.6) is 0 Å². The third kappa shape index (κ3) is 4.20. The average molecular weight is 282 g/mol. The van der Waals surface area contributed by atoms with E-state index < -0.39 is 0 Å². The van der Waals surface area contributed by atoms with E-state index in [0.717, 1.165) is 24.6 Å². The van der Waals surface area contributed by atoms with Crippen molar-refractivity contribution in [2.45, 2.75) is 45.3 Å². The van der Waals surface area contributed by atoms with Crippen LogP contribution in [0.3, 0.4) is 0 Å². The number of halogens is 1. The van der Waals surface area contributed by atoms with Gasteiger partial charge in [0.25, 0.3) is 0 Å². The summed E-state index contributed by atoms with van der Waals surface area (Å²) in [5.41, 5.74) is 1.28. The highest BCUT2D eigenvalue weighted by molar-refractivity contribution is 6.30. The molecule has 0 spiro atoms. The SMILES string of the molecule is CCCNC(c1ccc(Cl)cc1)C(OCC)C1CC1. The predicted molar refractivity (Wildman–Crippen MR) is 80.6 cm³/mol. The van der Waals surface area contributed by atoms with Gasteiger partial charge in [-0.2, -0.15) is 0 Å². The Bertz CT molecular complexity index is 375. The maximum atomic E-state index is 6.01. The molecule has 2 rings (SSSR count). The number of hydrogen-bond donors (Lipinski definition) is 1. The molecule has 2 atom stereocenters. The van der Waals surface area contributed by atoms with Crippen molar-refractivity contribution in [3.63, 3.8) is 0 Å². The predicted octanol–water partition coefficient (Wildman–Crippen LogP) is 4.20. The monoisotopic (exact) mass is 281 g/mol. The molecule has 1 aromatic carbocycles. The maximum absolute atomic E-state index is 6.01. The lowest BCUT2D eigenvalue weighted by atomic mass is 9.97. The molecule has 0 bridgehead atoms. The molecule has 2 nitrogen and oxygen atoms in total. The molecule has 0 heterocycles. The number of rotatable bonds is 8. The fourth-order valence-corrected chi connectivity index (χ4v) is 2.64. The zero-order chi connectivity index (χ0) is 13.7. The molecule has 0 aromatic heterocycles. The third-order valence-electron chi connectivity index (χ3n) is 3.62. The van der Waals surface area contributed by atoms with Crippen molar-refractivity contribution in [2.24, 2.45) is 5.92 Å². The van der Waals surface area contributed by atoms with E-state index in [1.807, 2.05) is 12.1 Å².